The number of unbranched alkanes of at least 4 members (excludes halogenated alkanes) is 2. The van der Waals surface area contributed by atoms with Gasteiger partial charge in [-0.25, -0.2) is 0 Å². The summed E-state index contributed by atoms with van der Waals surface area (Å²) in [6.45, 7) is 11.9. The molecule has 0 aromatic rings. The Hall–Kier alpha value is -0.200. The number of hydrogen-bond donors (Lipinski definition) is 1. The molecule has 128 valence electrons. The van der Waals surface area contributed by atoms with Crippen LogP contribution in [0.2, 0.25) is 0 Å². The zero-order chi connectivity index (χ0) is 15.4. The maximum absolute atomic E-state index is 5.48. The van der Waals surface area contributed by atoms with Gasteiger partial charge in [0.15, 0.2) is 0 Å². The lowest BCUT2D eigenvalue weighted by Crippen LogP contribution is -2.15. The molecule has 1 N–H and O–H groups in total. The monoisotopic (exact) mass is 305 g/mol. The highest BCUT2D eigenvalue weighted by molar-refractivity contribution is 4.44. The van der Waals surface area contributed by atoms with Crippen LogP contribution in [0.15, 0.2) is 0 Å². The molecule has 0 amide bonds. The maximum atomic E-state index is 5.48. The molecule has 0 aliphatic carbocycles. The molecule has 0 atom stereocenters. The molecule has 0 spiro atoms. The fourth-order valence-electron chi connectivity index (χ4n) is 1.64. The lowest BCUT2D eigenvalue weighted by molar-refractivity contribution is -0.00233. The molecule has 0 radical (unpaired) electrons. The van der Waals surface area contributed by atoms with E-state index in [0.717, 1.165) is 39.1 Å². The van der Waals surface area contributed by atoms with Crippen molar-refractivity contribution >= 4 is 0 Å². The Labute approximate surface area is 130 Å². The van der Waals surface area contributed by atoms with Crippen LogP contribution in [0.4, 0.5) is 0 Å². The summed E-state index contributed by atoms with van der Waals surface area (Å²) in [6.07, 6.45) is 4.57. The second-order valence-electron chi connectivity index (χ2n) is 4.86. The molecule has 0 heterocycles. The molecule has 0 aliphatic heterocycles. The Morgan fingerprint density at radius 1 is 0.571 bits per heavy atom. The first-order valence-electron chi connectivity index (χ1n) is 8.43. The zero-order valence-corrected chi connectivity index (χ0v) is 14.0. The van der Waals surface area contributed by atoms with E-state index in [0.29, 0.717) is 39.6 Å². The van der Waals surface area contributed by atoms with Crippen LogP contribution in [0.1, 0.15) is 39.5 Å². The predicted octanol–water partition coefficient (Wildman–Crippen LogP) is 2.24. The van der Waals surface area contributed by atoms with Crippen molar-refractivity contribution in [2.75, 3.05) is 65.9 Å². The van der Waals surface area contributed by atoms with Gasteiger partial charge in [0.25, 0.3) is 0 Å². The number of rotatable bonds is 18. The number of ether oxygens (including phenoxy) is 4. The molecule has 0 saturated carbocycles. The van der Waals surface area contributed by atoms with Gasteiger partial charge in [-0.1, -0.05) is 20.3 Å². The largest absolute Gasteiger partial charge is 0.379 e. The molecule has 0 aromatic heterocycles. The van der Waals surface area contributed by atoms with Crippen molar-refractivity contribution in [2.45, 2.75) is 39.5 Å². The van der Waals surface area contributed by atoms with E-state index < -0.39 is 0 Å². The SMILES string of the molecule is CCCCOCCOCCOCCOCCCCNCC. The van der Waals surface area contributed by atoms with Gasteiger partial charge >= 0.3 is 0 Å². The van der Waals surface area contributed by atoms with Crippen molar-refractivity contribution in [3.63, 3.8) is 0 Å². The van der Waals surface area contributed by atoms with Gasteiger partial charge in [-0.2, -0.15) is 0 Å². The lowest BCUT2D eigenvalue weighted by atomic mass is 10.3. The number of hydrogen-bond acceptors (Lipinski definition) is 5. The van der Waals surface area contributed by atoms with Crippen molar-refractivity contribution in [1.29, 1.82) is 0 Å². The summed E-state index contributed by atoms with van der Waals surface area (Å²) >= 11 is 0. The molecular formula is C16H35NO4. The van der Waals surface area contributed by atoms with Crippen LogP contribution in [0.25, 0.3) is 0 Å². The van der Waals surface area contributed by atoms with Crippen molar-refractivity contribution in [3.8, 4) is 0 Å². The van der Waals surface area contributed by atoms with Gasteiger partial charge < -0.3 is 24.3 Å². The molecule has 21 heavy (non-hydrogen) atoms. The Bertz CT molecular complexity index is 164. The topological polar surface area (TPSA) is 49.0 Å². The summed E-state index contributed by atoms with van der Waals surface area (Å²) in [5.74, 6) is 0. The molecule has 0 unspecified atom stereocenters. The van der Waals surface area contributed by atoms with Crippen molar-refractivity contribution < 1.29 is 18.9 Å². The van der Waals surface area contributed by atoms with Crippen molar-refractivity contribution in [3.05, 3.63) is 0 Å². The minimum absolute atomic E-state index is 0.624. The summed E-state index contributed by atoms with van der Waals surface area (Å²) < 4.78 is 21.7. The van der Waals surface area contributed by atoms with Gasteiger partial charge in [-0.15, -0.1) is 0 Å². The molecule has 5 nitrogen and oxygen atoms in total. The van der Waals surface area contributed by atoms with Crippen molar-refractivity contribution in [2.24, 2.45) is 0 Å². The van der Waals surface area contributed by atoms with Gasteiger partial charge in [0.05, 0.1) is 39.6 Å². The Morgan fingerprint density at radius 2 is 1.05 bits per heavy atom. The first kappa shape index (κ1) is 20.8. The molecule has 5 heteroatoms. The second-order valence-corrected chi connectivity index (χ2v) is 4.86. The number of nitrogens with one attached hydrogen (secondary N) is 1. The Morgan fingerprint density at radius 3 is 1.52 bits per heavy atom. The van der Waals surface area contributed by atoms with Crippen LogP contribution in [0.5, 0.6) is 0 Å². The predicted molar refractivity (Wildman–Crippen MR) is 86.0 cm³/mol. The third-order valence-electron chi connectivity index (χ3n) is 2.90. The van der Waals surface area contributed by atoms with E-state index in [1.807, 2.05) is 0 Å². The molecule has 0 bridgehead atoms. The zero-order valence-electron chi connectivity index (χ0n) is 14.0. The van der Waals surface area contributed by atoms with E-state index in [9.17, 15) is 0 Å². The minimum Gasteiger partial charge on any atom is -0.379 e. The van der Waals surface area contributed by atoms with Crippen LogP contribution in [-0.4, -0.2) is 65.9 Å². The van der Waals surface area contributed by atoms with E-state index in [2.05, 4.69) is 19.2 Å². The summed E-state index contributed by atoms with van der Waals surface area (Å²) in [7, 11) is 0. The van der Waals surface area contributed by atoms with Gasteiger partial charge in [-0.05, 0) is 32.4 Å². The lowest BCUT2D eigenvalue weighted by Gasteiger charge is -2.07. The van der Waals surface area contributed by atoms with E-state index in [-0.39, 0.29) is 0 Å². The first-order chi connectivity index (χ1) is 10.4. The minimum atomic E-state index is 0.624. The van der Waals surface area contributed by atoms with E-state index in [1.54, 1.807) is 0 Å². The van der Waals surface area contributed by atoms with E-state index in [4.69, 9.17) is 18.9 Å². The standard InChI is InChI=1S/C16H35NO4/c1-3-5-9-18-11-13-20-15-16-21-14-12-19-10-7-6-8-17-4-2/h17H,3-16H2,1-2H3. The molecule has 0 fully saturated rings. The highest BCUT2D eigenvalue weighted by Gasteiger charge is 1.93. The molecule has 0 rings (SSSR count). The van der Waals surface area contributed by atoms with Crippen LogP contribution in [-0.2, 0) is 18.9 Å². The Kier molecular flexibility index (Phi) is 19.6. The van der Waals surface area contributed by atoms with Gasteiger partial charge in [0.2, 0.25) is 0 Å². The molecule has 0 aliphatic rings. The van der Waals surface area contributed by atoms with Gasteiger partial charge in [-0.3, -0.25) is 0 Å². The average Bonchev–Trinajstić information content (AvgIpc) is 2.50. The van der Waals surface area contributed by atoms with Crippen LogP contribution in [0.3, 0.4) is 0 Å². The highest BCUT2D eigenvalue weighted by Crippen LogP contribution is 1.90. The van der Waals surface area contributed by atoms with E-state index >= 15 is 0 Å². The first-order valence-corrected chi connectivity index (χ1v) is 8.43. The van der Waals surface area contributed by atoms with Crippen molar-refractivity contribution in [1.82, 2.24) is 5.32 Å². The normalized spacial score (nSPS) is 11.1. The third kappa shape index (κ3) is 19.8. The smallest absolute Gasteiger partial charge is 0.0701 e. The van der Waals surface area contributed by atoms with Crippen LogP contribution in [0, 0.1) is 0 Å². The average molecular weight is 305 g/mol. The summed E-state index contributed by atoms with van der Waals surface area (Å²) in [5.41, 5.74) is 0. The van der Waals surface area contributed by atoms with Crippen LogP contribution >= 0.6 is 0 Å². The fourth-order valence-corrected chi connectivity index (χ4v) is 1.64. The van der Waals surface area contributed by atoms with Gasteiger partial charge in [0.1, 0.15) is 0 Å². The van der Waals surface area contributed by atoms with E-state index in [1.165, 1.54) is 12.8 Å². The highest BCUT2D eigenvalue weighted by atomic mass is 16.6. The van der Waals surface area contributed by atoms with Gasteiger partial charge in [0, 0.05) is 13.2 Å². The Balaban J connectivity index is 2.90. The maximum Gasteiger partial charge on any atom is 0.0701 e. The summed E-state index contributed by atoms with van der Waals surface area (Å²) in [4.78, 5) is 0. The molecule has 0 aromatic carbocycles. The summed E-state index contributed by atoms with van der Waals surface area (Å²) in [5, 5.41) is 3.29. The third-order valence-corrected chi connectivity index (χ3v) is 2.90. The van der Waals surface area contributed by atoms with Crippen LogP contribution < -0.4 is 5.32 Å². The summed E-state index contributed by atoms with van der Waals surface area (Å²) in [6, 6.07) is 0. The quantitative estimate of drug-likeness (QED) is 0.394. The molecular weight excluding hydrogens is 270 g/mol. The fraction of sp³-hybridized carbons (Fsp3) is 1.00. The molecule has 0 saturated heterocycles. The second kappa shape index (κ2) is 19.8.